The standard InChI is InChI=1S/C12H11F3N2O/c1-17-6-10(12(13,14)15)16-11(17)9-4-2-8(7-18)3-5-9/h2-6,18H,7H2,1H3. The van der Waals surface area contributed by atoms with Gasteiger partial charge in [-0.2, -0.15) is 13.2 Å². The zero-order chi connectivity index (χ0) is 13.3. The number of halogens is 3. The third kappa shape index (κ3) is 2.38. The minimum absolute atomic E-state index is 0.103. The fourth-order valence-corrected chi connectivity index (χ4v) is 1.63. The van der Waals surface area contributed by atoms with E-state index in [1.807, 2.05) is 0 Å². The van der Waals surface area contributed by atoms with Gasteiger partial charge in [-0.15, -0.1) is 0 Å². The molecule has 1 aromatic carbocycles. The summed E-state index contributed by atoms with van der Waals surface area (Å²) in [5.41, 5.74) is 0.362. The summed E-state index contributed by atoms with van der Waals surface area (Å²) in [4.78, 5) is 3.58. The van der Waals surface area contributed by atoms with Crippen LogP contribution < -0.4 is 0 Å². The van der Waals surface area contributed by atoms with Crippen LogP contribution in [0.3, 0.4) is 0 Å². The zero-order valence-corrected chi connectivity index (χ0v) is 9.57. The quantitative estimate of drug-likeness (QED) is 0.896. The summed E-state index contributed by atoms with van der Waals surface area (Å²) in [5.74, 6) is 0.242. The Balaban J connectivity index is 2.41. The molecule has 0 aliphatic carbocycles. The van der Waals surface area contributed by atoms with Crippen molar-refractivity contribution in [3.05, 3.63) is 41.7 Å². The fourth-order valence-electron chi connectivity index (χ4n) is 1.63. The van der Waals surface area contributed by atoms with Crippen molar-refractivity contribution in [1.82, 2.24) is 9.55 Å². The number of alkyl halides is 3. The predicted octanol–water partition coefficient (Wildman–Crippen LogP) is 2.60. The molecule has 1 N–H and O–H groups in total. The highest BCUT2D eigenvalue weighted by molar-refractivity contribution is 5.56. The van der Waals surface area contributed by atoms with Crippen LogP contribution in [0.5, 0.6) is 0 Å². The van der Waals surface area contributed by atoms with Gasteiger partial charge in [0.15, 0.2) is 5.69 Å². The van der Waals surface area contributed by atoms with Crippen molar-refractivity contribution in [2.24, 2.45) is 7.05 Å². The van der Waals surface area contributed by atoms with Gasteiger partial charge in [0.25, 0.3) is 0 Å². The number of benzene rings is 1. The van der Waals surface area contributed by atoms with E-state index >= 15 is 0 Å². The molecule has 96 valence electrons. The molecule has 1 heterocycles. The predicted molar refractivity (Wildman–Crippen MR) is 59.6 cm³/mol. The summed E-state index contributed by atoms with van der Waals surface area (Å²) in [6.45, 7) is -0.103. The van der Waals surface area contributed by atoms with Crippen LogP contribution in [0.25, 0.3) is 11.4 Å². The van der Waals surface area contributed by atoms with Gasteiger partial charge in [0.05, 0.1) is 6.61 Å². The second kappa shape index (κ2) is 4.45. The molecule has 0 spiro atoms. The third-order valence-corrected chi connectivity index (χ3v) is 2.56. The van der Waals surface area contributed by atoms with E-state index in [1.165, 1.54) is 11.6 Å². The number of aromatic nitrogens is 2. The molecule has 3 nitrogen and oxygen atoms in total. The lowest BCUT2D eigenvalue weighted by molar-refractivity contribution is -0.140. The van der Waals surface area contributed by atoms with E-state index in [1.54, 1.807) is 24.3 Å². The van der Waals surface area contributed by atoms with Crippen molar-refractivity contribution >= 4 is 0 Å². The van der Waals surface area contributed by atoms with Gasteiger partial charge in [0.2, 0.25) is 0 Å². The molecule has 6 heteroatoms. The minimum atomic E-state index is -4.44. The number of aliphatic hydroxyl groups excluding tert-OH is 1. The normalized spacial score (nSPS) is 11.8. The fraction of sp³-hybridized carbons (Fsp3) is 0.250. The monoisotopic (exact) mass is 256 g/mol. The molecule has 0 saturated heterocycles. The Morgan fingerprint density at radius 3 is 2.28 bits per heavy atom. The zero-order valence-electron chi connectivity index (χ0n) is 9.57. The molecule has 0 radical (unpaired) electrons. The summed E-state index contributed by atoms with van der Waals surface area (Å²) < 4.78 is 38.9. The van der Waals surface area contributed by atoms with Crippen molar-refractivity contribution in [2.75, 3.05) is 0 Å². The Labute approximate surface area is 102 Å². The Bertz CT molecular complexity index is 543. The first-order valence-electron chi connectivity index (χ1n) is 5.22. The maximum Gasteiger partial charge on any atom is 0.434 e. The van der Waals surface area contributed by atoms with Gasteiger partial charge in [-0.25, -0.2) is 4.98 Å². The summed E-state index contributed by atoms with van der Waals surface area (Å²) in [6.07, 6.45) is -3.49. The molecule has 2 aromatic rings. The van der Waals surface area contributed by atoms with Crippen molar-refractivity contribution in [3.63, 3.8) is 0 Å². The van der Waals surface area contributed by atoms with Crippen molar-refractivity contribution in [3.8, 4) is 11.4 Å². The lowest BCUT2D eigenvalue weighted by Crippen LogP contribution is -2.04. The molecule has 0 bridgehead atoms. The molecule has 0 aliphatic heterocycles. The van der Waals surface area contributed by atoms with Crippen LogP contribution in [0.1, 0.15) is 11.3 Å². The molecule has 0 aliphatic rings. The first-order chi connectivity index (χ1) is 8.41. The van der Waals surface area contributed by atoms with Crippen LogP contribution in [0.2, 0.25) is 0 Å². The summed E-state index contributed by atoms with van der Waals surface area (Å²) in [6, 6.07) is 6.57. The Kier molecular flexibility index (Phi) is 3.13. The Morgan fingerprint density at radius 2 is 1.83 bits per heavy atom. The van der Waals surface area contributed by atoms with Crippen molar-refractivity contribution < 1.29 is 18.3 Å². The highest BCUT2D eigenvalue weighted by Gasteiger charge is 2.34. The maximum absolute atomic E-state index is 12.5. The number of hydrogen-bond donors (Lipinski definition) is 1. The van der Waals surface area contributed by atoms with E-state index < -0.39 is 11.9 Å². The molecule has 0 unspecified atom stereocenters. The molecule has 1 aromatic heterocycles. The Hall–Kier alpha value is -1.82. The van der Waals surface area contributed by atoms with E-state index in [9.17, 15) is 13.2 Å². The molecule has 18 heavy (non-hydrogen) atoms. The highest BCUT2D eigenvalue weighted by atomic mass is 19.4. The van der Waals surface area contributed by atoms with E-state index in [2.05, 4.69) is 4.98 Å². The second-order valence-corrected chi connectivity index (χ2v) is 3.91. The molecule has 0 amide bonds. The van der Waals surface area contributed by atoms with Crippen LogP contribution in [0.4, 0.5) is 13.2 Å². The SMILES string of the molecule is Cn1cc(C(F)(F)F)nc1-c1ccc(CO)cc1. The van der Waals surface area contributed by atoms with Gasteiger partial charge in [-0.05, 0) is 5.56 Å². The summed E-state index contributed by atoms with van der Waals surface area (Å²) in [5, 5.41) is 8.89. The Morgan fingerprint density at radius 1 is 1.22 bits per heavy atom. The number of aryl methyl sites for hydroxylation is 1. The molecule has 2 rings (SSSR count). The molecule has 0 fully saturated rings. The summed E-state index contributed by atoms with van der Waals surface area (Å²) >= 11 is 0. The minimum Gasteiger partial charge on any atom is -0.392 e. The first kappa shape index (κ1) is 12.6. The molecule has 0 saturated carbocycles. The lowest BCUT2D eigenvalue weighted by Gasteiger charge is -2.02. The smallest absolute Gasteiger partial charge is 0.392 e. The summed E-state index contributed by atoms with van der Waals surface area (Å²) in [7, 11) is 1.51. The van der Waals surface area contributed by atoms with Gasteiger partial charge in [0.1, 0.15) is 5.82 Å². The lowest BCUT2D eigenvalue weighted by atomic mass is 10.1. The topological polar surface area (TPSA) is 38.0 Å². The number of aliphatic hydroxyl groups is 1. The van der Waals surface area contributed by atoms with E-state index in [0.717, 1.165) is 6.20 Å². The average Bonchev–Trinajstić information content (AvgIpc) is 2.71. The van der Waals surface area contributed by atoms with Gasteiger partial charge in [-0.1, -0.05) is 24.3 Å². The van der Waals surface area contributed by atoms with Crippen molar-refractivity contribution in [1.29, 1.82) is 0 Å². The number of hydrogen-bond acceptors (Lipinski definition) is 2. The second-order valence-electron chi connectivity index (χ2n) is 3.91. The van der Waals surface area contributed by atoms with Gasteiger partial charge in [-0.3, -0.25) is 0 Å². The molecule has 0 atom stereocenters. The largest absolute Gasteiger partial charge is 0.434 e. The maximum atomic E-state index is 12.5. The van der Waals surface area contributed by atoms with Crippen molar-refractivity contribution in [2.45, 2.75) is 12.8 Å². The van der Waals surface area contributed by atoms with Crippen LogP contribution >= 0.6 is 0 Å². The number of imidazole rings is 1. The van der Waals surface area contributed by atoms with E-state index in [-0.39, 0.29) is 12.4 Å². The van der Waals surface area contributed by atoms with E-state index in [4.69, 9.17) is 5.11 Å². The number of nitrogens with zero attached hydrogens (tertiary/aromatic N) is 2. The van der Waals surface area contributed by atoms with Crippen LogP contribution in [-0.4, -0.2) is 14.7 Å². The van der Waals surface area contributed by atoms with Gasteiger partial charge >= 0.3 is 6.18 Å². The molecular formula is C12H11F3N2O. The van der Waals surface area contributed by atoms with Crippen LogP contribution in [0, 0.1) is 0 Å². The van der Waals surface area contributed by atoms with E-state index in [0.29, 0.717) is 11.1 Å². The third-order valence-electron chi connectivity index (χ3n) is 2.56. The van der Waals surface area contributed by atoms with Gasteiger partial charge < -0.3 is 9.67 Å². The first-order valence-corrected chi connectivity index (χ1v) is 5.22. The van der Waals surface area contributed by atoms with Gasteiger partial charge in [0, 0.05) is 18.8 Å². The van der Waals surface area contributed by atoms with Crippen LogP contribution in [0.15, 0.2) is 30.5 Å². The average molecular weight is 256 g/mol. The number of rotatable bonds is 2. The molecular weight excluding hydrogens is 245 g/mol. The highest BCUT2D eigenvalue weighted by Crippen LogP contribution is 2.30. The van der Waals surface area contributed by atoms with Crippen LogP contribution in [-0.2, 0) is 19.8 Å².